The third-order valence-electron chi connectivity index (χ3n) is 9.83. The lowest BCUT2D eigenvalue weighted by atomic mass is 9.87. The lowest BCUT2D eigenvalue weighted by Crippen LogP contribution is -2.51. The summed E-state index contributed by atoms with van der Waals surface area (Å²) >= 11 is 1.73. The minimum atomic E-state index is -0.435. The minimum absolute atomic E-state index is 0.107. The lowest BCUT2D eigenvalue weighted by molar-refractivity contribution is -0.138. The molecule has 8 heteroatoms. The fourth-order valence-electron chi connectivity index (χ4n) is 6.69. The number of aromatic nitrogens is 1. The average molecular weight is 702 g/mol. The summed E-state index contributed by atoms with van der Waals surface area (Å²) in [5, 5.41) is 14.2. The Morgan fingerprint density at radius 3 is 2.08 bits per heavy atom. The van der Waals surface area contributed by atoms with Crippen molar-refractivity contribution in [1.29, 1.82) is 5.26 Å². The number of benzene rings is 1. The molecule has 0 N–H and O–H groups in total. The number of hydrogen-bond donors (Lipinski definition) is 0. The average Bonchev–Trinajstić information content (AvgIpc) is 3.53. The van der Waals surface area contributed by atoms with Gasteiger partial charge in [-0.15, -0.1) is 0 Å². The van der Waals surface area contributed by atoms with Gasteiger partial charge in [-0.05, 0) is 66.4 Å². The highest BCUT2D eigenvalue weighted by atomic mass is 32.1. The number of carbonyl (C=O) groups is 2. The van der Waals surface area contributed by atoms with E-state index in [2.05, 4.69) is 79.4 Å². The van der Waals surface area contributed by atoms with E-state index in [0.717, 1.165) is 52.8 Å². The highest BCUT2D eigenvalue weighted by molar-refractivity contribution is 7.16. The largest absolute Gasteiger partial charge is 0.348 e. The van der Waals surface area contributed by atoms with Gasteiger partial charge in [0.25, 0.3) is 11.8 Å². The van der Waals surface area contributed by atoms with E-state index in [-0.39, 0.29) is 29.4 Å². The van der Waals surface area contributed by atoms with Crippen LogP contribution in [-0.2, 0) is 10.2 Å². The number of hydrazine groups is 1. The molecule has 0 saturated heterocycles. The van der Waals surface area contributed by atoms with Crippen LogP contribution in [0.2, 0.25) is 0 Å². The molecular formula is C42H63N5O2S. The van der Waals surface area contributed by atoms with Gasteiger partial charge in [-0.1, -0.05) is 130 Å². The Morgan fingerprint density at radius 1 is 1.02 bits per heavy atom. The Morgan fingerprint density at radius 2 is 1.60 bits per heavy atom. The summed E-state index contributed by atoms with van der Waals surface area (Å²) in [6.07, 6.45) is 12.4. The molecule has 0 fully saturated rings. The van der Waals surface area contributed by atoms with Crippen LogP contribution in [0.25, 0.3) is 6.08 Å². The maximum absolute atomic E-state index is 13.9. The second-order valence-electron chi connectivity index (χ2n) is 15.5. The minimum Gasteiger partial charge on any atom is -0.348 e. The quantitative estimate of drug-likeness (QED) is 0.155. The molecule has 0 aliphatic carbocycles. The van der Waals surface area contributed by atoms with Gasteiger partial charge in [0.1, 0.15) is 11.6 Å². The van der Waals surface area contributed by atoms with E-state index in [1.165, 1.54) is 48.5 Å². The molecule has 2 heterocycles. The fourth-order valence-corrected chi connectivity index (χ4v) is 7.96. The third-order valence-corrected chi connectivity index (χ3v) is 10.9. The Hall–Kier alpha value is -3.44. The van der Waals surface area contributed by atoms with Gasteiger partial charge < -0.3 is 4.90 Å². The number of rotatable bonds is 18. The summed E-state index contributed by atoms with van der Waals surface area (Å²) in [7, 11) is 1.61. The molecule has 274 valence electrons. The topological polar surface area (TPSA) is 80.5 Å². The molecule has 1 aliphatic heterocycles. The maximum atomic E-state index is 13.9. The van der Waals surface area contributed by atoms with Crippen LogP contribution in [0.1, 0.15) is 141 Å². The van der Waals surface area contributed by atoms with Crippen LogP contribution in [0.4, 0.5) is 5.13 Å². The normalized spacial score (nSPS) is 15.8. The predicted octanol–water partition coefficient (Wildman–Crippen LogP) is 10.5. The number of anilines is 1. The van der Waals surface area contributed by atoms with Crippen molar-refractivity contribution in [3.63, 3.8) is 0 Å². The summed E-state index contributed by atoms with van der Waals surface area (Å²) in [5.41, 5.74) is 3.05. The molecule has 2 amide bonds. The second kappa shape index (κ2) is 19.2. The fraction of sp³-hybridized carbons (Fsp3) is 0.619. The van der Waals surface area contributed by atoms with Gasteiger partial charge in [0.05, 0.1) is 17.1 Å². The van der Waals surface area contributed by atoms with Crippen molar-refractivity contribution in [3.8, 4) is 6.07 Å². The summed E-state index contributed by atoms with van der Waals surface area (Å²) in [6, 6.07) is 11.2. The summed E-state index contributed by atoms with van der Waals surface area (Å²) < 4.78 is 0. The summed E-state index contributed by atoms with van der Waals surface area (Å²) in [5.74, 6) is 0.719. The van der Waals surface area contributed by atoms with Crippen molar-refractivity contribution in [3.05, 3.63) is 63.2 Å². The van der Waals surface area contributed by atoms with Gasteiger partial charge in [0, 0.05) is 31.1 Å². The highest BCUT2D eigenvalue weighted by Gasteiger charge is 2.36. The van der Waals surface area contributed by atoms with Crippen LogP contribution in [0.5, 0.6) is 0 Å². The Labute approximate surface area is 307 Å². The zero-order valence-corrected chi connectivity index (χ0v) is 33.5. The molecule has 2 aromatic rings. The molecule has 1 aromatic carbocycles. The smallest absolute Gasteiger partial charge is 0.283 e. The number of amides is 2. The predicted molar refractivity (Wildman–Crippen MR) is 210 cm³/mol. The molecule has 0 radical (unpaired) electrons. The van der Waals surface area contributed by atoms with Gasteiger partial charge in [-0.3, -0.25) is 9.59 Å². The standard InChI is InChI=1S/C42H63N5O2S/c1-11-15-20-31(13-3)27-46(28-32(14-4)21-16-12-2)41-44-38(42(7,8)9)37(50-41)25-34-29-47(40(49)36(26-43)35(34)24-30(5)6)45(10)39(48)33-22-18-17-19-23-33/h17-19,22-23,25,30-32H,11-16,20-21,24,27-29H2,1-10H3/b34-25+. The van der Waals surface area contributed by atoms with Gasteiger partial charge in [-0.2, -0.15) is 5.26 Å². The molecule has 3 rings (SSSR count). The van der Waals surface area contributed by atoms with E-state index in [0.29, 0.717) is 23.8 Å². The Bertz CT molecular complexity index is 1490. The van der Waals surface area contributed by atoms with Crippen LogP contribution in [-0.4, -0.2) is 53.5 Å². The van der Waals surface area contributed by atoms with E-state index in [1.807, 2.05) is 18.2 Å². The van der Waals surface area contributed by atoms with E-state index in [9.17, 15) is 14.9 Å². The van der Waals surface area contributed by atoms with Crippen molar-refractivity contribution in [2.24, 2.45) is 17.8 Å². The first-order valence-corrected chi connectivity index (χ1v) is 19.9. The van der Waals surface area contributed by atoms with Gasteiger partial charge in [-0.25, -0.2) is 15.0 Å². The van der Waals surface area contributed by atoms with Crippen molar-refractivity contribution in [2.45, 2.75) is 126 Å². The number of unbranched alkanes of at least 4 members (excludes halogenated alkanes) is 2. The summed E-state index contributed by atoms with van der Waals surface area (Å²) in [4.78, 5) is 36.4. The Kier molecular flexibility index (Phi) is 15.8. The molecule has 0 saturated carbocycles. The van der Waals surface area contributed by atoms with Gasteiger partial charge in [0.15, 0.2) is 5.13 Å². The molecule has 50 heavy (non-hydrogen) atoms. The zero-order valence-electron chi connectivity index (χ0n) is 32.6. The van der Waals surface area contributed by atoms with Crippen LogP contribution in [0.3, 0.4) is 0 Å². The number of hydrogen-bond acceptors (Lipinski definition) is 6. The maximum Gasteiger partial charge on any atom is 0.283 e. The monoisotopic (exact) mass is 701 g/mol. The zero-order chi connectivity index (χ0) is 37.0. The number of carbonyl (C=O) groups excluding carboxylic acids is 2. The first-order chi connectivity index (χ1) is 23.8. The first-order valence-electron chi connectivity index (χ1n) is 19.0. The number of nitriles is 1. The van der Waals surface area contributed by atoms with Crippen molar-refractivity contribution < 1.29 is 9.59 Å². The first kappa shape index (κ1) is 41.0. The van der Waals surface area contributed by atoms with Crippen molar-refractivity contribution >= 4 is 34.4 Å². The molecule has 1 aliphatic rings. The second-order valence-corrected chi connectivity index (χ2v) is 16.5. The van der Waals surface area contributed by atoms with Crippen LogP contribution >= 0.6 is 11.3 Å². The van der Waals surface area contributed by atoms with E-state index in [1.54, 1.807) is 30.5 Å². The van der Waals surface area contributed by atoms with Crippen LogP contribution in [0, 0.1) is 29.1 Å². The van der Waals surface area contributed by atoms with Crippen LogP contribution < -0.4 is 4.90 Å². The molecule has 0 spiro atoms. The number of nitrogens with zero attached hydrogens (tertiary/aromatic N) is 5. The van der Waals surface area contributed by atoms with Gasteiger partial charge in [0.2, 0.25) is 0 Å². The molecule has 0 bridgehead atoms. The molecular weight excluding hydrogens is 639 g/mol. The SMILES string of the molecule is CCCCC(CC)CN(CC(CC)CCCC)c1nc(C(C)(C)C)c(/C=C2\CN(N(C)C(=O)c3ccccc3)C(=O)C(C#N)=C2CC(C)C)s1. The molecule has 1 aromatic heterocycles. The van der Waals surface area contributed by atoms with Crippen molar-refractivity contribution in [2.75, 3.05) is 31.6 Å². The number of thiazole rings is 1. The molecule has 2 unspecified atom stereocenters. The third kappa shape index (κ3) is 10.8. The summed E-state index contributed by atoms with van der Waals surface area (Å²) in [6.45, 7) is 22.2. The van der Waals surface area contributed by atoms with E-state index < -0.39 is 5.91 Å². The van der Waals surface area contributed by atoms with Crippen molar-refractivity contribution in [1.82, 2.24) is 15.0 Å². The Balaban J connectivity index is 2.18. The highest BCUT2D eigenvalue weighted by Crippen LogP contribution is 2.39. The van der Waals surface area contributed by atoms with Crippen LogP contribution in [0.15, 0.2) is 47.1 Å². The molecule has 2 atom stereocenters. The van der Waals surface area contributed by atoms with Gasteiger partial charge >= 0.3 is 0 Å². The van der Waals surface area contributed by atoms with E-state index in [4.69, 9.17) is 4.98 Å². The lowest BCUT2D eigenvalue weighted by Gasteiger charge is -2.37. The van der Waals surface area contributed by atoms with E-state index >= 15 is 0 Å². The molecule has 7 nitrogen and oxygen atoms in total.